The normalized spacial score (nSPS) is 10.5. The van der Waals surface area contributed by atoms with Crippen molar-refractivity contribution in [1.82, 2.24) is 0 Å². The highest BCUT2D eigenvalue weighted by Crippen LogP contribution is 2.17. The third-order valence-electron chi connectivity index (χ3n) is 1.35. The van der Waals surface area contributed by atoms with Crippen molar-refractivity contribution in [2.45, 2.75) is 0 Å². The molecule has 1 aromatic rings. The number of hydrogen-bond acceptors (Lipinski definition) is 3. The van der Waals surface area contributed by atoms with Crippen molar-refractivity contribution in [3.63, 3.8) is 0 Å². The maximum absolute atomic E-state index is 5.62. The molecule has 12 heavy (non-hydrogen) atoms. The van der Waals surface area contributed by atoms with Crippen LogP contribution in [0.15, 0.2) is 41.1 Å². The summed E-state index contributed by atoms with van der Waals surface area (Å²) in [5.41, 5.74) is 6.07. The molecule has 0 unspecified atom stereocenters. The Balaban J connectivity index is 2.87. The van der Waals surface area contributed by atoms with E-state index in [0.29, 0.717) is 0 Å². The third kappa shape index (κ3) is 2.25. The van der Waals surface area contributed by atoms with Gasteiger partial charge >= 0.3 is 0 Å². The van der Waals surface area contributed by atoms with Gasteiger partial charge < -0.3 is 5.73 Å². The summed E-state index contributed by atoms with van der Waals surface area (Å²) in [7, 11) is 0. The number of nitrogens with zero attached hydrogens (tertiary/aromatic N) is 1. The summed E-state index contributed by atoms with van der Waals surface area (Å²) < 4.78 is 0.987. The summed E-state index contributed by atoms with van der Waals surface area (Å²) >= 11 is 3.34. The van der Waals surface area contributed by atoms with Gasteiger partial charge in [-0.3, -0.25) is 5.01 Å². The number of hydrazine groups is 1. The molecule has 0 bridgehead atoms. The van der Waals surface area contributed by atoms with Crippen LogP contribution in [0.1, 0.15) is 0 Å². The molecule has 0 aliphatic rings. The molecule has 0 aromatic heterocycles. The van der Waals surface area contributed by atoms with Crippen LogP contribution < -0.4 is 16.6 Å². The lowest BCUT2D eigenvalue weighted by Gasteiger charge is -2.12. The van der Waals surface area contributed by atoms with Gasteiger partial charge in [0.15, 0.2) is 0 Å². The second-order valence-electron chi connectivity index (χ2n) is 2.23. The fraction of sp³-hybridized carbons (Fsp3) is 0. The van der Waals surface area contributed by atoms with E-state index in [4.69, 9.17) is 11.6 Å². The monoisotopic (exact) mass is 227 g/mol. The van der Waals surface area contributed by atoms with Crippen LogP contribution in [0.25, 0.3) is 0 Å². The van der Waals surface area contributed by atoms with Gasteiger partial charge in [0.25, 0.3) is 0 Å². The minimum absolute atomic E-state index is 0.881. The first-order valence-corrected chi connectivity index (χ1v) is 4.21. The first kappa shape index (κ1) is 9.09. The van der Waals surface area contributed by atoms with E-state index in [0.717, 1.165) is 10.2 Å². The third-order valence-corrected chi connectivity index (χ3v) is 1.85. The predicted molar refractivity (Wildman–Crippen MR) is 54.1 cm³/mol. The van der Waals surface area contributed by atoms with Crippen molar-refractivity contribution in [3.8, 4) is 0 Å². The first-order chi connectivity index (χ1) is 5.74. The molecule has 1 rings (SSSR count). The van der Waals surface area contributed by atoms with E-state index in [1.807, 2.05) is 24.3 Å². The summed E-state index contributed by atoms with van der Waals surface area (Å²) in [6.45, 7) is 0. The van der Waals surface area contributed by atoms with Crippen LogP contribution in [0.3, 0.4) is 0 Å². The maximum Gasteiger partial charge on any atom is 0.0580 e. The van der Waals surface area contributed by atoms with E-state index in [9.17, 15) is 0 Å². The van der Waals surface area contributed by atoms with Crippen LogP contribution in [0, 0.1) is 0 Å². The predicted octanol–water partition coefficient (Wildman–Crippen LogP) is 1.56. The van der Waals surface area contributed by atoms with Gasteiger partial charge in [-0.1, -0.05) is 22.0 Å². The number of benzene rings is 1. The average Bonchev–Trinajstić information content (AvgIpc) is 2.05. The number of rotatable bonds is 2. The molecule has 0 saturated heterocycles. The zero-order valence-electron chi connectivity index (χ0n) is 6.44. The topological polar surface area (TPSA) is 55.3 Å². The van der Waals surface area contributed by atoms with Crippen LogP contribution in [-0.4, -0.2) is 0 Å². The highest BCUT2D eigenvalue weighted by molar-refractivity contribution is 9.10. The molecule has 0 saturated carbocycles. The van der Waals surface area contributed by atoms with Crippen molar-refractivity contribution in [2.75, 3.05) is 5.01 Å². The molecule has 3 nitrogen and oxygen atoms in total. The molecule has 0 radical (unpaired) electrons. The van der Waals surface area contributed by atoms with E-state index < -0.39 is 0 Å². The van der Waals surface area contributed by atoms with Crippen molar-refractivity contribution < 1.29 is 0 Å². The Morgan fingerprint density at radius 2 is 2.17 bits per heavy atom. The SMILES string of the molecule is N/C=C\N(N)c1cccc(Br)c1. The number of halogens is 1. The molecule has 0 amide bonds. The zero-order valence-corrected chi connectivity index (χ0v) is 8.03. The van der Waals surface area contributed by atoms with Gasteiger partial charge in [-0.05, 0) is 18.2 Å². The molecular formula is C8H10BrN3. The average molecular weight is 228 g/mol. The van der Waals surface area contributed by atoms with Crippen LogP contribution in [0.4, 0.5) is 5.69 Å². The second kappa shape index (κ2) is 4.13. The summed E-state index contributed by atoms with van der Waals surface area (Å²) in [6.07, 6.45) is 2.97. The van der Waals surface area contributed by atoms with Crippen LogP contribution in [-0.2, 0) is 0 Å². The first-order valence-electron chi connectivity index (χ1n) is 3.42. The molecular weight excluding hydrogens is 218 g/mol. The van der Waals surface area contributed by atoms with Gasteiger partial charge in [-0.25, -0.2) is 5.84 Å². The molecule has 0 spiro atoms. The lowest BCUT2D eigenvalue weighted by atomic mass is 10.3. The molecule has 0 atom stereocenters. The minimum atomic E-state index is 0.881. The Hall–Kier alpha value is -1.00. The molecule has 4 N–H and O–H groups in total. The molecule has 0 fully saturated rings. The maximum atomic E-state index is 5.62. The van der Waals surface area contributed by atoms with Gasteiger partial charge in [0, 0.05) is 16.9 Å². The molecule has 1 aromatic carbocycles. The largest absolute Gasteiger partial charge is 0.403 e. The van der Waals surface area contributed by atoms with Crippen molar-refractivity contribution >= 4 is 21.6 Å². The highest BCUT2D eigenvalue weighted by atomic mass is 79.9. The Morgan fingerprint density at radius 1 is 1.42 bits per heavy atom. The molecule has 64 valence electrons. The van der Waals surface area contributed by atoms with Gasteiger partial charge in [-0.2, -0.15) is 0 Å². The van der Waals surface area contributed by atoms with Gasteiger partial charge in [0.1, 0.15) is 0 Å². The van der Waals surface area contributed by atoms with Gasteiger partial charge in [0.2, 0.25) is 0 Å². The van der Waals surface area contributed by atoms with Crippen LogP contribution in [0.5, 0.6) is 0 Å². The fourth-order valence-corrected chi connectivity index (χ4v) is 1.20. The van der Waals surface area contributed by atoms with Crippen molar-refractivity contribution in [3.05, 3.63) is 41.1 Å². The van der Waals surface area contributed by atoms with Gasteiger partial charge in [-0.15, -0.1) is 0 Å². The molecule has 0 heterocycles. The summed E-state index contributed by atoms with van der Waals surface area (Å²) in [5.74, 6) is 5.62. The van der Waals surface area contributed by atoms with Crippen LogP contribution in [0.2, 0.25) is 0 Å². The Bertz CT molecular complexity index is 285. The van der Waals surface area contributed by atoms with Gasteiger partial charge in [0.05, 0.1) is 5.69 Å². The lowest BCUT2D eigenvalue weighted by Crippen LogP contribution is -2.24. The summed E-state index contributed by atoms with van der Waals surface area (Å²) in [4.78, 5) is 0. The van der Waals surface area contributed by atoms with Crippen molar-refractivity contribution in [2.24, 2.45) is 11.6 Å². The number of anilines is 1. The summed E-state index contributed by atoms with van der Waals surface area (Å²) in [6, 6.07) is 7.64. The number of hydrogen-bond donors (Lipinski definition) is 2. The Kier molecular flexibility index (Phi) is 3.13. The highest BCUT2D eigenvalue weighted by Gasteiger charge is 1.96. The Labute approximate surface area is 79.7 Å². The second-order valence-corrected chi connectivity index (χ2v) is 3.14. The van der Waals surface area contributed by atoms with Crippen LogP contribution >= 0.6 is 15.9 Å². The molecule has 4 heteroatoms. The zero-order chi connectivity index (χ0) is 8.97. The van der Waals surface area contributed by atoms with Crippen molar-refractivity contribution in [1.29, 1.82) is 0 Å². The van der Waals surface area contributed by atoms with E-state index in [-0.39, 0.29) is 0 Å². The lowest BCUT2D eigenvalue weighted by molar-refractivity contribution is 1.07. The smallest absolute Gasteiger partial charge is 0.0580 e. The minimum Gasteiger partial charge on any atom is -0.403 e. The molecule has 0 aliphatic carbocycles. The quantitative estimate of drug-likeness (QED) is 0.596. The Morgan fingerprint density at radius 3 is 2.75 bits per heavy atom. The van der Waals surface area contributed by atoms with E-state index in [1.54, 1.807) is 6.20 Å². The summed E-state index contributed by atoms with van der Waals surface area (Å²) in [5, 5.41) is 1.45. The van der Waals surface area contributed by atoms with E-state index >= 15 is 0 Å². The molecule has 0 aliphatic heterocycles. The standard InChI is InChI=1S/C8H10BrN3/c9-7-2-1-3-8(6-7)12(11)5-4-10/h1-6H,10-11H2/b5-4-. The fourth-order valence-electron chi connectivity index (χ4n) is 0.816. The van der Waals surface area contributed by atoms with E-state index in [2.05, 4.69) is 15.9 Å². The van der Waals surface area contributed by atoms with E-state index in [1.165, 1.54) is 11.2 Å². The number of nitrogens with two attached hydrogens (primary N) is 2.